The first-order valence-electron chi connectivity index (χ1n) is 4.55. The molecule has 4 N–H and O–H groups in total. The van der Waals surface area contributed by atoms with Crippen molar-refractivity contribution in [2.75, 3.05) is 12.3 Å². The van der Waals surface area contributed by atoms with Gasteiger partial charge in [0.25, 0.3) is 0 Å². The summed E-state index contributed by atoms with van der Waals surface area (Å²) in [4.78, 5) is 0.00234. The highest BCUT2D eigenvalue weighted by Gasteiger charge is 2.17. The normalized spacial score (nSPS) is 13.7. The molecule has 1 atom stereocenters. The van der Waals surface area contributed by atoms with Gasteiger partial charge < -0.3 is 10.8 Å². The van der Waals surface area contributed by atoms with Crippen LogP contribution in [0.3, 0.4) is 0 Å². The van der Waals surface area contributed by atoms with Gasteiger partial charge in [-0.15, -0.1) is 0 Å². The zero-order valence-corrected chi connectivity index (χ0v) is 11.0. The highest BCUT2D eigenvalue weighted by atomic mass is 79.9. The molecule has 16 heavy (non-hydrogen) atoms. The minimum atomic E-state index is -3.67. The van der Waals surface area contributed by atoms with E-state index in [1.807, 2.05) is 0 Å². The van der Waals surface area contributed by atoms with Gasteiger partial charge in [-0.25, -0.2) is 13.1 Å². The molecule has 0 spiro atoms. The fourth-order valence-corrected chi connectivity index (χ4v) is 2.84. The number of halogens is 1. The predicted molar refractivity (Wildman–Crippen MR) is 65.4 cm³/mol. The van der Waals surface area contributed by atoms with Gasteiger partial charge in [-0.2, -0.15) is 0 Å². The summed E-state index contributed by atoms with van der Waals surface area (Å²) in [6.07, 6.45) is -0.747. The molecule has 1 aromatic carbocycles. The third-order valence-electron chi connectivity index (χ3n) is 1.83. The molecule has 1 unspecified atom stereocenters. The summed E-state index contributed by atoms with van der Waals surface area (Å²) in [5, 5.41) is 9.02. The summed E-state index contributed by atoms with van der Waals surface area (Å²) in [7, 11) is -3.67. The van der Waals surface area contributed by atoms with Crippen molar-refractivity contribution in [1.29, 1.82) is 0 Å². The van der Waals surface area contributed by atoms with Crippen LogP contribution in [0.25, 0.3) is 0 Å². The molecule has 7 heteroatoms. The molecule has 5 nitrogen and oxygen atoms in total. The van der Waals surface area contributed by atoms with E-state index in [1.165, 1.54) is 19.1 Å². The van der Waals surface area contributed by atoms with Crippen molar-refractivity contribution in [3.8, 4) is 0 Å². The molecule has 0 radical (unpaired) electrons. The van der Waals surface area contributed by atoms with E-state index in [-0.39, 0.29) is 17.1 Å². The number of hydrogen-bond acceptors (Lipinski definition) is 4. The number of rotatable bonds is 4. The largest absolute Gasteiger partial charge is 0.398 e. The molecule has 0 amide bonds. The first-order valence-corrected chi connectivity index (χ1v) is 6.83. The number of hydrogen-bond donors (Lipinski definition) is 3. The maximum absolute atomic E-state index is 11.8. The molecule has 0 aromatic heterocycles. The van der Waals surface area contributed by atoms with Crippen molar-refractivity contribution in [1.82, 2.24) is 4.72 Å². The topological polar surface area (TPSA) is 92.4 Å². The summed E-state index contributed by atoms with van der Waals surface area (Å²) in [5.41, 5.74) is 5.75. The molecule has 0 bridgehead atoms. The highest BCUT2D eigenvalue weighted by molar-refractivity contribution is 9.10. The summed E-state index contributed by atoms with van der Waals surface area (Å²) < 4.78 is 26.5. The van der Waals surface area contributed by atoms with Gasteiger partial charge in [0.05, 0.1) is 11.8 Å². The van der Waals surface area contributed by atoms with Crippen LogP contribution in [0, 0.1) is 0 Å². The molecule has 0 aliphatic heterocycles. The van der Waals surface area contributed by atoms with Crippen LogP contribution in [0.15, 0.2) is 27.6 Å². The van der Waals surface area contributed by atoms with Gasteiger partial charge in [0.2, 0.25) is 10.0 Å². The Morgan fingerprint density at radius 1 is 1.56 bits per heavy atom. The Labute approximate surface area is 103 Å². The second-order valence-electron chi connectivity index (χ2n) is 3.38. The first-order chi connectivity index (χ1) is 7.33. The lowest BCUT2D eigenvalue weighted by Gasteiger charge is -2.10. The lowest BCUT2D eigenvalue weighted by molar-refractivity contribution is 0.198. The molecule has 0 saturated heterocycles. The van der Waals surface area contributed by atoms with Crippen molar-refractivity contribution in [2.24, 2.45) is 0 Å². The predicted octanol–water partition coefficient (Wildman–Crippen LogP) is 0.690. The van der Waals surface area contributed by atoms with Crippen molar-refractivity contribution >= 4 is 31.6 Å². The number of sulfonamides is 1. The van der Waals surface area contributed by atoms with Crippen LogP contribution in [-0.2, 0) is 10.0 Å². The molecule has 0 aliphatic rings. The smallest absolute Gasteiger partial charge is 0.242 e. The Morgan fingerprint density at radius 2 is 2.19 bits per heavy atom. The van der Waals surface area contributed by atoms with Crippen LogP contribution in [-0.4, -0.2) is 26.2 Å². The van der Waals surface area contributed by atoms with E-state index in [9.17, 15) is 8.42 Å². The summed E-state index contributed by atoms with van der Waals surface area (Å²) in [6.45, 7) is 1.45. The Morgan fingerprint density at radius 3 is 2.75 bits per heavy atom. The van der Waals surface area contributed by atoms with Gasteiger partial charge in [-0.3, -0.25) is 0 Å². The molecule has 0 fully saturated rings. The molecular formula is C9H13BrN2O3S. The molecule has 1 rings (SSSR count). The summed E-state index contributed by atoms with van der Waals surface area (Å²) in [5.74, 6) is 0. The van der Waals surface area contributed by atoms with Gasteiger partial charge >= 0.3 is 0 Å². The first kappa shape index (κ1) is 13.4. The van der Waals surface area contributed by atoms with Gasteiger partial charge in [-0.05, 0) is 25.1 Å². The third-order valence-corrected chi connectivity index (χ3v) is 3.81. The molecule has 0 heterocycles. The van der Waals surface area contributed by atoms with Crippen LogP contribution in [0.5, 0.6) is 0 Å². The van der Waals surface area contributed by atoms with Crippen molar-refractivity contribution in [3.05, 3.63) is 22.7 Å². The zero-order valence-electron chi connectivity index (χ0n) is 8.64. The Balaban J connectivity index is 3.02. The SMILES string of the molecule is CC(O)CNS(=O)(=O)c1cc(Br)ccc1N. The zero-order chi connectivity index (χ0) is 12.3. The van der Waals surface area contributed by atoms with Crippen LogP contribution in [0.2, 0.25) is 0 Å². The van der Waals surface area contributed by atoms with E-state index in [0.717, 1.165) is 0 Å². The molecule has 0 aliphatic carbocycles. The van der Waals surface area contributed by atoms with Crippen LogP contribution in [0.1, 0.15) is 6.92 Å². The van der Waals surface area contributed by atoms with Gasteiger partial charge in [0.1, 0.15) is 4.90 Å². The number of anilines is 1. The van der Waals surface area contributed by atoms with Crippen molar-refractivity contribution in [3.63, 3.8) is 0 Å². The lowest BCUT2D eigenvalue weighted by Crippen LogP contribution is -2.31. The maximum atomic E-state index is 11.8. The molecule has 0 saturated carbocycles. The fourth-order valence-electron chi connectivity index (χ4n) is 1.05. The minimum Gasteiger partial charge on any atom is -0.398 e. The van der Waals surface area contributed by atoms with Crippen LogP contribution in [0.4, 0.5) is 5.69 Å². The molecular weight excluding hydrogens is 296 g/mol. The number of nitrogens with one attached hydrogen (secondary N) is 1. The number of nitrogens with two attached hydrogens (primary N) is 1. The fraction of sp³-hybridized carbons (Fsp3) is 0.333. The Bertz CT molecular complexity index is 474. The van der Waals surface area contributed by atoms with Gasteiger partial charge in [0.15, 0.2) is 0 Å². The number of nitrogen functional groups attached to an aromatic ring is 1. The molecule has 1 aromatic rings. The van der Waals surface area contributed by atoms with Crippen molar-refractivity contribution < 1.29 is 13.5 Å². The maximum Gasteiger partial charge on any atom is 0.242 e. The van der Waals surface area contributed by atoms with E-state index >= 15 is 0 Å². The summed E-state index contributed by atoms with van der Waals surface area (Å²) in [6, 6.07) is 4.57. The molecule has 90 valence electrons. The summed E-state index contributed by atoms with van der Waals surface area (Å²) >= 11 is 3.17. The van der Waals surface area contributed by atoms with E-state index < -0.39 is 16.1 Å². The van der Waals surface area contributed by atoms with E-state index in [4.69, 9.17) is 10.8 Å². The average Bonchev–Trinajstić information content (AvgIpc) is 2.19. The van der Waals surface area contributed by atoms with Crippen LogP contribution >= 0.6 is 15.9 Å². The third kappa shape index (κ3) is 3.44. The quantitative estimate of drug-likeness (QED) is 0.714. The van der Waals surface area contributed by atoms with Gasteiger partial charge in [-0.1, -0.05) is 15.9 Å². The Kier molecular flexibility index (Phi) is 4.31. The van der Waals surface area contributed by atoms with E-state index in [0.29, 0.717) is 4.47 Å². The monoisotopic (exact) mass is 308 g/mol. The lowest BCUT2D eigenvalue weighted by atomic mass is 10.3. The van der Waals surface area contributed by atoms with Crippen LogP contribution < -0.4 is 10.5 Å². The number of aliphatic hydroxyl groups is 1. The Hall–Kier alpha value is -0.630. The average molecular weight is 309 g/mol. The van der Waals surface area contributed by atoms with Gasteiger partial charge in [0, 0.05) is 11.0 Å². The number of benzene rings is 1. The minimum absolute atomic E-state index is 0.00234. The van der Waals surface area contributed by atoms with E-state index in [1.54, 1.807) is 6.07 Å². The number of aliphatic hydroxyl groups excluding tert-OH is 1. The standard InChI is InChI=1S/C9H13BrN2O3S/c1-6(13)5-12-16(14,15)9-4-7(10)2-3-8(9)11/h2-4,6,12-13H,5,11H2,1H3. The second-order valence-corrected chi connectivity index (χ2v) is 6.03. The highest BCUT2D eigenvalue weighted by Crippen LogP contribution is 2.22. The second kappa shape index (κ2) is 5.13. The van der Waals surface area contributed by atoms with Crippen molar-refractivity contribution in [2.45, 2.75) is 17.9 Å². The van der Waals surface area contributed by atoms with E-state index in [2.05, 4.69) is 20.7 Å².